The zero-order chi connectivity index (χ0) is 17.0. The third-order valence-corrected chi connectivity index (χ3v) is 4.42. The molecule has 0 radical (unpaired) electrons. The van der Waals surface area contributed by atoms with Crippen molar-refractivity contribution in [2.24, 2.45) is 5.92 Å². The standard InChI is InChI=1S/C17H25N3O3/c1-11-14(12(2)21)9-15(17(23)19-11)16(22)18-7-6-13-5-4-8-20(3)10-13/h9,13H,4-8,10H2,1-3H3,(H,18,22)(H,19,23)/t13-/m1/s1. The molecule has 0 saturated carbocycles. The van der Waals surface area contributed by atoms with Crippen LogP contribution in [0.4, 0.5) is 0 Å². The molecule has 1 aromatic heterocycles. The van der Waals surface area contributed by atoms with E-state index in [0.29, 0.717) is 23.7 Å². The van der Waals surface area contributed by atoms with Gasteiger partial charge in [-0.2, -0.15) is 0 Å². The second-order valence-corrected chi connectivity index (χ2v) is 6.42. The van der Waals surface area contributed by atoms with Gasteiger partial charge in [0.2, 0.25) is 0 Å². The highest BCUT2D eigenvalue weighted by Crippen LogP contribution is 2.17. The molecule has 1 aliphatic rings. The Bertz CT molecular complexity index is 651. The lowest BCUT2D eigenvalue weighted by atomic mass is 9.95. The van der Waals surface area contributed by atoms with Crippen LogP contribution in [-0.4, -0.2) is 48.3 Å². The van der Waals surface area contributed by atoms with Crippen molar-refractivity contribution >= 4 is 11.7 Å². The van der Waals surface area contributed by atoms with Crippen LogP contribution in [0.15, 0.2) is 10.9 Å². The van der Waals surface area contributed by atoms with Crippen molar-refractivity contribution in [3.05, 3.63) is 33.2 Å². The number of Topliss-reactive ketones (excluding diaryl/α,β-unsaturated/α-hetero) is 1. The number of rotatable bonds is 5. The van der Waals surface area contributed by atoms with Crippen molar-refractivity contribution in [1.29, 1.82) is 0 Å². The number of H-pyrrole nitrogens is 1. The van der Waals surface area contributed by atoms with E-state index in [1.165, 1.54) is 25.8 Å². The van der Waals surface area contributed by atoms with Gasteiger partial charge in [0.1, 0.15) is 5.56 Å². The first-order chi connectivity index (χ1) is 10.9. The molecule has 0 bridgehead atoms. The summed E-state index contributed by atoms with van der Waals surface area (Å²) in [6.07, 6.45) is 3.27. The quantitative estimate of drug-likeness (QED) is 0.803. The largest absolute Gasteiger partial charge is 0.352 e. The minimum absolute atomic E-state index is 0.00145. The second-order valence-electron chi connectivity index (χ2n) is 6.42. The van der Waals surface area contributed by atoms with Gasteiger partial charge in [-0.05, 0) is 58.7 Å². The Morgan fingerprint density at radius 1 is 1.39 bits per heavy atom. The number of aryl methyl sites for hydroxylation is 1. The van der Waals surface area contributed by atoms with Crippen molar-refractivity contribution in [2.75, 3.05) is 26.7 Å². The predicted molar refractivity (Wildman–Crippen MR) is 89.0 cm³/mol. The van der Waals surface area contributed by atoms with Crippen LogP contribution in [-0.2, 0) is 0 Å². The van der Waals surface area contributed by atoms with E-state index in [-0.39, 0.29) is 11.3 Å². The van der Waals surface area contributed by atoms with E-state index in [9.17, 15) is 14.4 Å². The van der Waals surface area contributed by atoms with E-state index in [4.69, 9.17) is 0 Å². The summed E-state index contributed by atoms with van der Waals surface area (Å²) in [6, 6.07) is 1.39. The van der Waals surface area contributed by atoms with Gasteiger partial charge in [-0.25, -0.2) is 0 Å². The van der Waals surface area contributed by atoms with Crippen LogP contribution in [0.25, 0.3) is 0 Å². The molecule has 2 rings (SSSR count). The van der Waals surface area contributed by atoms with Crippen molar-refractivity contribution in [1.82, 2.24) is 15.2 Å². The van der Waals surface area contributed by atoms with Gasteiger partial charge in [-0.1, -0.05) is 0 Å². The molecule has 2 N–H and O–H groups in total. The number of piperidine rings is 1. The highest BCUT2D eigenvalue weighted by Gasteiger charge is 2.18. The lowest BCUT2D eigenvalue weighted by Gasteiger charge is -2.29. The number of aromatic amines is 1. The Labute approximate surface area is 136 Å². The molecule has 1 aromatic rings. The number of hydrogen-bond donors (Lipinski definition) is 2. The first-order valence-corrected chi connectivity index (χ1v) is 8.10. The smallest absolute Gasteiger partial charge is 0.261 e. The summed E-state index contributed by atoms with van der Waals surface area (Å²) in [6.45, 7) is 5.80. The number of likely N-dealkylation sites (tertiary alicyclic amines) is 1. The lowest BCUT2D eigenvalue weighted by molar-refractivity contribution is 0.0946. The zero-order valence-corrected chi connectivity index (χ0v) is 14.1. The Morgan fingerprint density at radius 2 is 2.13 bits per heavy atom. The molecule has 0 aromatic carbocycles. The maximum absolute atomic E-state index is 12.2. The van der Waals surface area contributed by atoms with E-state index in [1.807, 2.05) is 0 Å². The van der Waals surface area contributed by atoms with Gasteiger partial charge in [-0.15, -0.1) is 0 Å². The van der Waals surface area contributed by atoms with Gasteiger partial charge in [0.05, 0.1) is 0 Å². The summed E-state index contributed by atoms with van der Waals surface area (Å²) in [7, 11) is 2.11. The van der Waals surface area contributed by atoms with Gasteiger partial charge in [0, 0.05) is 24.3 Å². The molecule has 126 valence electrons. The zero-order valence-electron chi connectivity index (χ0n) is 14.1. The molecule has 0 spiro atoms. The maximum atomic E-state index is 12.2. The molecule has 1 fully saturated rings. The first-order valence-electron chi connectivity index (χ1n) is 8.10. The molecule has 1 saturated heterocycles. The molecule has 1 aliphatic heterocycles. The van der Waals surface area contributed by atoms with Crippen molar-refractivity contribution < 1.29 is 9.59 Å². The Hall–Kier alpha value is -1.95. The highest BCUT2D eigenvalue weighted by atomic mass is 16.2. The van der Waals surface area contributed by atoms with Crippen LogP contribution >= 0.6 is 0 Å². The molecule has 1 atom stereocenters. The van der Waals surface area contributed by atoms with Crippen LogP contribution in [0.3, 0.4) is 0 Å². The molecular formula is C17H25N3O3. The number of hydrogen-bond acceptors (Lipinski definition) is 4. The van der Waals surface area contributed by atoms with E-state index in [2.05, 4.69) is 22.2 Å². The SMILES string of the molecule is CC(=O)c1cc(C(=O)NCC[C@H]2CCCN(C)C2)c(=O)[nH]c1C. The summed E-state index contributed by atoms with van der Waals surface area (Å²) >= 11 is 0. The van der Waals surface area contributed by atoms with Gasteiger partial charge in [0.25, 0.3) is 11.5 Å². The molecule has 0 unspecified atom stereocenters. The van der Waals surface area contributed by atoms with E-state index in [0.717, 1.165) is 19.5 Å². The fraction of sp³-hybridized carbons (Fsp3) is 0.588. The summed E-state index contributed by atoms with van der Waals surface area (Å²) in [4.78, 5) is 40.6. The number of carbonyl (C=O) groups is 2. The maximum Gasteiger partial charge on any atom is 0.261 e. The van der Waals surface area contributed by atoms with Gasteiger partial charge >= 0.3 is 0 Å². The average molecular weight is 319 g/mol. The Morgan fingerprint density at radius 3 is 2.78 bits per heavy atom. The molecule has 6 nitrogen and oxygen atoms in total. The normalized spacial score (nSPS) is 18.7. The molecule has 23 heavy (non-hydrogen) atoms. The number of pyridine rings is 1. The number of amides is 1. The topological polar surface area (TPSA) is 82.3 Å². The lowest BCUT2D eigenvalue weighted by Crippen LogP contribution is -2.35. The van der Waals surface area contributed by atoms with Crippen LogP contribution < -0.4 is 10.9 Å². The fourth-order valence-corrected chi connectivity index (χ4v) is 3.15. The van der Waals surface area contributed by atoms with Gasteiger partial charge in [-0.3, -0.25) is 14.4 Å². The number of nitrogens with one attached hydrogen (secondary N) is 2. The van der Waals surface area contributed by atoms with E-state index < -0.39 is 11.5 Å². The van der Waals surface area contributed by atoms with Crippen molar-refractivity contribution in [3.63, 3.8) is 0 Å². The third kappa shape index (κ3) is 4.51. The van der Waals surface area contributed by atoms with Gasteiger partial charge in [0.15, 0.2) is 5.78 Å². The second kappa shape index (κ2) is 7.55. The highest BCUT2D eigenvalue weighted by molar-refractivity contribution is 5.99. The summed E-state index contributed by atoms with van der Waals surface area (Å²) in [5, 5.41) is 2.80. The third-order valence-electron chi connectivity index (χ3n) is 4.42. The van der Waals surface area contributed by atoms with Crippen LogP contribution in [0, 0.1) is 12.8 Å². The van der Waals surface area contributed by atoms with Crippen molar-refractivity contribution in [3.8, 4) is 0 Å². The molecule has 0 aliphatic carbocycles. The average Bonchev–Trinajstić information content (AvgIpc) is 2.46. The number of nitrogens with zero attached hydrogens (tertiary/aromatic N) is 1. The summed E-state index contributed by atoms with van der Waals surface area (Å²) in [5.74, 6) is -0.00547. The van der Waals surface area contributed by atoms with Crippen LogP contribution in [0.2, 0.25) is 0 Å². The Kier molecular flexibility index (Phi) is 5.71. The number of carbonyl (C=O) groups excluding carboxylic acids is 2. The van der Waals surface area contributed by atoms with Crippen LogP contribution in [0.5, 0.6) is 0 Å². The fourth-order valence-electron chi connectivity index (χ4n) is 3.15. The predicted octanol–water partition coefficient (Wildman–Crippen LogP) is 1.35. The molecule has 1 amide bonds. The summed E-state index contributed by atoms with van der Waals surface area (Å²) < 4.78 is 0. The number of aromatic nitrogens is 1. The minimum atomic E-state index is -0.456. The van der Waals surface area contributed by atoms with E-state index >= 15 is 0 Å². The Balaban J connectivity index is 1.97. The van der Waals surface area contributed by atoms with E-state index in [1.54, 1.807) is 6.92 Å². The monoisotopic (exact) mass is 319 g/mol. The number of ketones is 1. The first kappa shape index (κ1) is 17.4. The van der Waals surface area contributed by atoms with Gasteiger partial charge < -0.3 is 15.2 Å². The van der Waals surface area contributed by atoms with Crippen LogP contribution in [0.1, 0.15) is 52.6 Å². The summed E-state index contributed by atoms with van der Waals surface area (Å²) in [5.41, 5.74) is 0.414. The minimum Gasteiger partial charge on any atom is -0.352 e. The molecule has 2 heterocycles. The molecule has 6 heteroatoms. The molecular weight excluding hydrogens is 294 g/mol. The van der Waals surface area contributed by atoms with Crippen molar-refractivity contribution in [2.45, 2.75) is 33.1 Å².